The molecule has 0 spiro atoms. The van der Waals surface area contributed by atoms with Gasteiger partial charge in [0.05, 0.1) is 0 Å². The molecule has 0 bridgehead atoms. The van der Waals surface area contributed by atoms with Crippen molar-refractivity contribution < 1.29 is 4.42 Å². The van der Waals surface area contributed by atoms with Crippen molar-refractivity contribution in [1.82, 2.24) is 15.0 Å². The van der Waals surface area contributed by atoms with E-state index in [-0.39, 0.29) is 0 Å². The summed E-state index contributed by atoms with van der Waals surface area (Å²) in [5.41, 5.74) is 6.64. The van der Waals surface area contributed by atoms with Gasteiger partial charge in [-0.3, -0.25) is 0 Å². The number of hydrogen-bond acceptors (Lipinski definition) is 4. The van der Waals surface area contributed by atoms with Crippen molar-refractivity contribution in [2.24, 2.45) is 0 Å². The molecule has 0 amide bonds. The lowest BCUT2D eigenvalue weighted by Gasteiger charge is -2.17. The molecule has 10 rings (SSSR count). The summed E-state index contributed by atoms with van der Waals surface area (Å²) in [6.45, 7) is 0. The van der Waals surface area contributed by atoms with E-state index < -0.39 is 0 Å². The van der Waals surface area contributed by atoms with Gasteiger partial charge in [-0.05, 0) is 67.7 Å². The van der Waals surface area contributed by atoms with Gasteiger partial charge in [0, 0.05) is 27.5 Å². The maximum atomic E-state index is 6.26. The largest absolute Gasteiger partial charge is 0.456 e. The molecule has 49 heavy (non-hydrogen) atoms. The predicted molar refractivity (Wildman–Crippen MR) is 201 cm³/mol. The molecule has 0 unspecified atom stereocenters. The maximum absolute atomic E-state index is 6.26. The zero-order valence-corrected chi connectivity index (χ0v) is 26.3. The molecule has 0 saturated heterocycles. The highest BCUT2D eigenvalue weighted by Crippen LogP contribution is 2.43. The number of rotatable bonds is 4. The average Bonchev–Trinajstić information content (AvgIpc) is 3.55. The number of furan rings is 1. The van der Waals surface area contributed by atoms with Crippen molar-refractivity contribution in [1.29, 1.82) is 0 Å². The molecule has 2 aromatic heterocycles. The fourth-order valence-corrected chi connectivity index (χ4v) is 7.21. The van der Waals surface area contributed by atoms with Gasteiger partial charge in [0.15, 0.2) is 17.5 Å². The lowest BCUT2D eigenvalue weighted by atomic mass is 9.88. The molecule has 228 valence electrons. The summed E-state index contributed by atoms with van der Waals surface area (Å²) in [6.07, 6.45) is 0. The van der Waals surface area contributed by atoms with E-state index in [1.807, 2.05) is 54.6 Å². The van der Waals surface area contributed by atoms with E-state index in [9.17, 15) is 0 Å². The van der Waals surface area contributed by atoms with Gasteiger partial charge >= 0.3 is 0 Å². The Morgan fingerprint density at radius 1 is 0.327 bits per heavy atom. The summed E-state index contributed by atoms with van der Waals surface area (Å²) in [7, 11) is 0. The molecule has 0 aliphatic rings. The van der Waals surface area contributed by atoms with Crippen molar-refractivity contribution in [2.75, 3.05) is 0 Å². The van der Waals surface area contributed by atoms with Crippen molar-refractivity contribution in [3.05, 3.63) is 164 Å². The first-order chi connectivity index (χ1) is 24.3. The zero-order valence-electron chi connectivity index (χ0n) is 26.3. The van der Waals surface area contributed by atoms with E-state index in [1.54, 1.807) is 0 Å². The summed E-state index contributed by atoms with van der Waals surface area (Å²) in [4.78, 5) is 15.4. The third-order valence-electron chi connectivity index (χ3n) is 9.51. The van der Waals surface area contributed by atoms with Crippen molar-refractivity contribution in [3.63, 3.8) is 0 Å². The molecule has 0 radical (unpaired) electrons. The second kappa shape index (κ2) is 11.0. The second-order valence-electron chi connectivity index (χ2n) is 12.4. The van der Waals surface area contributed by atoms with Crippen LogP contribution in [0, 0.1) is 0 Å². The average molecular weight is 626 g/mol. The first kappa shape index (κ1) is 27.5. The normalized spacial score (nSPS) is 11.7. The highest BCUT2D eigenvalue weighted by molar-refractivity contribution is 6.21. The molecular weight excluding hydrogens is 599 g/mol. The van der Waals surface area contributed by atoms with Crippen LogP contribution in [0.1, 0.15) is 0 Å². The van der Waals surface area contributed by atoms with Gasteiger partial charge in [-0.25, -0.2) is 15.0 Å². The molecule has 8 aromatic carbocycles. The van der Waals surface area contributed by atoms with Gasteiger partial charge in [0.25, 0.3) is 0 Å². The molecule has 0 atom stereocenters. The fourth-order valence-electron chi connectivity index (χ4n) is 7.21. The highest BCUT2D eigenvalue weighted by atomic mass is 16.3. The van der Waals surface area contributed by atoms with Crippen LogP contribution in [-0.2, 0) is 0 Å². The minimum absolute atomic E-state index is 0.592. The molecular formula is C45H27N3O. The van der Waals surface area contributed by atoms with Crippen LogP contribution in [0.15, 0.2) is 168 Å². The Morgan fingerprint density at radius 3 is 1.80 bits per heavy atom. The number of para-hydroxylation sites is 1. The highest BCUT2D eigenvalue weighted by Gasteiger charge is 2.20. The van der Waals surface area contributed by atoms with E-state index in [4.69, 9.17) is 19.4 Å². The Kier molecular flexibility index (Phi) is 6.15. The van der Waals surface area contributed by atoms with Crippen molar-refractivity contribution in [2.45, 2.75) is 0 Å². The standard InChI is InChI=1S/C45H27N3O/c1-2-13-29(14-3-1)43-46-44(31-23-24-35-34-18-10-11-21-40(34)49-41(35)27-31)48-45(47-43)38-20-9-8-19-36(38)42-33-17-7-5-15-30(33)26-39-32-16-6-4-12-28(32)22-25-37(39)42/h1-27H. The molecule has 10 aromatic rings. The van der Waals surface area contributed by atoms with Crippen LogP contribution >= 0.6 is 0 Å². The lowest BCUT2D eigenvalue weighted by molar-refractivity contribution is 0.669. The summed E-state index contributed by atoms with van der Waals surface area (Å²) in [5.74, 6) is 1.83. The second-order valence-corrected chi connectivity index (χ2v) is 12.4. The minimum Gasteiger partial charge on any atom is -0.456 e. The summed E-state index contributed by atoms with van der Waals surface area (Å²) in [6, 6.07) is 57.0. The molecule has 0 aliphatic carbocycles. The Morgan fingerprint density at radius 2 is 0.939 bits per heavy atom. The Labute approximate surface area is 282 Å². The van der Waals surface area contributed by atoms with Gasteiger partial charge in [-0.15, -0.1) is 0 Å². The van der Waals surface area contributed by atoms with Crippen molar-refractivity contribution in [3.8, 4) is 45.3 Å². The number of fused-ring (bicyclic) bond motifs is 7. The Balaban J connectivity index is 1.24. The molecule has 0 fully saturated rings. The molecule has 4 nitrogen and oxygen atoms in total. The van der Waals surface area contributed by atoms with E-state index >= 15 is 0 Å². The van der Waals surface area contributed by atoms with Gasteiger partial charge < -0.3 is 4.42 Å². The van der Waals surface area contributed by atoms with E-state index in [2.05, 4.69) is 109 Å². The van der Waals surface area contributed by atoms with Gasteiger partial charge in [-0.1, -0.05) is 140 Å². The summed E-state index contributed by atoms with van der Waals surface area (Å²) < 4.78 is 6.26. The number of benzene rings is 8. The number of hydrogen-bond donors (Lipinski definition) is 0. The van der Waals surface area contributed by atoms with Crippen LogP contribution in [0.4, 0.5) is 0 Å². The summed E-state index contributed by atoms with van der Waals surface area (Å²) >= 11 is 0. The van der Waals surface area contributed by atoms with Gasteiger partial charge in [0.1, 0.15) is 11.2 Å². The van der Waals surface area contributed by atoms with Gasteiger partial charge in [0.2, 0.25) is 0 Å². The SMILES string of the molecule is c1ccc(-c2nc(-c3ccc4c(c3)oc3ccccc34)nc(-c3ccccc3-c3c4ccccc4cc4c3ccc3ccccc34)n2)cc1. The first-order valence-corrected chi connectivity index (χ1v) is 16.4. The first-order valence-electron chi connectivity index (χ1n) is 16.4. The van der Waals surface area contributed by atoms with Crippen LogP contribution in [0.5, 0.6) is 0 Å². The predicted octanol–water partition coefficient (Wildman–Crippen LogP) is 11.9. The Hall–Kier alpha value is -6.65. The maximum Gasteiger partial charge on any atom is 0.164 e. The number of aromatic nitrogens is 3. The lowest BCUT2D eigenvalue weighted by Crippen LogP contribution is -2.01. The smallest absolute Gasteiger partial charge is 0.164 e. The van der Waals surface area contributed by atoms with E-state index in [1.165, 1.54) is 37.9 Å². The van der Waals surface area contributed by atoms with Crippen LogP contribution in [-0.4, -0.2) is 15.0 Å². The Bertz CT molecular complexity index is 2890. The molecule has 2 heterocycles. The monoisotopic (exact) mass is 625 g/mol. The molecule has 0 aliphatic heterocycles. The molecule has 0 N–H and O–H groups in total. The van der Waals surface area contributed by atoms with Crippen LogP contribution in [0.3, 0.4) is 0 Å². The quantitative estimate of drug-likeness (QED) is 0.144. The van der Waals surface area contributed by atoms with E-state index in [0.717, 1.165) is 44.2 Å². The molecule has 0 saturated carbocycles. The molecule has 4 heteroatoms. The van der Waals surface area contributed by atoms with Crippen LogP contribution < -0.4 is 0 Å². The third-order valence-corrected chi connectivity index (χ3v) is 9.51. The topological polar surface area (TPSA) is 51.8 Å². The fraction of sp³-hybridized carbons (Fsp3) is 0. The third kappa shape index (κ3) is 4.49. The van der Waals surface area contributed by atoms with Crippen LogP contribution in [0.2, 0.25) is 0 Å². The van der Waals surface area contributed by atoms with Gasteiger partial charge in [-0.2, -0.15) is 0 Å². The minimum atomic E-state index is 0.592. The van der Waals surface area contributed by atoms with Crippen LogP contribution in [0.25, 0.3) is 99.5 Å². The van der Waals surface area contributed by atoms with E-state index in [0.29, 0.717) is 17.5 Å². The number of nitrogens with zero attached hydrogens (tertiary/aromatic N) is 3. The summed E-state index contributed by atoms with van der Waals surface area (Å²) in [5, 5.41) is 9.41. The zero-order chi connectivity index (χ0) is 32.3. The van der Waals surface area contributed by atoms with Crippen molar-refractivity contribution >= 4 is 54.3 Å².